The molecular weight excluding hydrogens is 418 g/mol. The minimum Gasteiger partial charge on any atom is -0.379 e. The van der Waals surface area contributed by atoms with Crippen LogP contribution in [0.15, 0.2) is 52.7 Å². The van der Waals surface area contributed by atoms with Gasteiger partial charge in [-0.3, -0.25) is 10.1 Å². The largest absolute Gasteiger partial charge is 0.379 e. The van der Waals surface area contributed by atoms with Gasteiger partial charge in [-0.1, -0.05) is 6.07 Å². The molecule has 3 rings (SSSR count). The first-order valence-electron chi connectivity index (χ1n) is 8.47. The van der Waals surface area contributed by atoms with Gasteiger partial charge in [0, 0.05) is 29.7 Å². The van der Waals surface area contributed by atoms with Crippen LogP contribution in [0.3, 0.4) is 0 Å². The van der Waals surface area contributed by atoms with E-state index < -0.39 is 10.0 Å². The van der Waals surface area contributed by atoms with E-state index in [2.05, 4.69) is 10.6 Å². The number of hydrogen-bond acceptors (Lipinski definition) is 6. The molecule has 0 saturated carbocycles. The molecule has 7 nitrogen and oxygen atoms in total. The summed E-state index contributed by atoms with van der Waals surface area (Å²) in [5.41, 5.74) is 0.577. The number of rotatable bonds is 5. The van der Waals surface area contributed by atoms with E-state index in [0.29, 0.717) is 32.0 Å². The average Bonchev–Trinajstić information content (AvgIpc) is 3.21. The number of sulfonamides is 1. The molecule has 0 spiro atoms. The summed E-state index contributed by atoms with van der Waals surface area (Å²) >= 11 is 6.65. The molecule has 2 aromatic rings. The summed E-state index contributed by atoms with van der Waals surface area (Å²) < 4.78 is 31.8. The van der Waals surface area contributed by atoms with Gasteiger partial charge in [-0.05, 0) is 54.0 Å². The second-order valence-electron chi connectivity index (χ2n) is 5.83. The predicted molar refractivity (Wildman–Crippen MR) is 114 cm³/mol. The number of thiocarbonyl (C=S) groups is 1. The van der Waals surface area contributed by atoms with E-state index in [9.17, 15) is 13.2 Å². The molecule has 10 heteroatoms. The highest BCUT2D eigenvalue weighted by Gasteiger charge is 2.26. The monoisotopic (exact) mass is 437 g/mol. The predicted octanol–water partition coefficient (Wildman–Crippen LogP) is 2.30. The lowest BCUT2D eigenvalue weighted by Gasteiger charge is -2.26. The minimum absolute atomic E-state index is 0.129. The highest BCUT2D eigenvalue weighted by molar-refractivity contribution is 7.89. The minimum atomic E-state index is -3.54. The van der Waals surface area contributed by atoms with Gasteiger partial charge < -0.3 is 10.1 Å². The summed E-state index contributed by atoms with van der Waals surface area (Å²) in [5, 5.41) is 7.46. The molecule has 2 heterocycles. The Balaban J connectivity index is 1.56. The standard InChI is InChI=1S/C18H19N3O4S3/c22-17(8-5-15-2-1-13-27-15)20-18(26)19-14-3-6-16(7-4-14)28(23,24)21-9-11-25-12-10-21/h1-8,13H,9-12H2,(H2,19,20,22,26)/b8-5+. The molecular formula is C18H19N3O4S3. The number of morpholine rings is 1. The molecule has 0 radical (unpaired) electrons. The van der Waals surface area contributed by atoms with Gasteiger partial charge in [0.15, 0.2) is 5.11 Å². The number of nitrogens with zero attached hydrogens (tertiary/aromatic N) is 1. The Morgan fingerprint density at radius 2 is 1.89 bits per heavy atom. The Morgan fingerprint density at radius 3 is 2.54 bits per heavy atom. The molecule has 1 aliphatic heterocycles. The highest BCUT2D eigenvalue weighted by atomic mass is 32.2. The number of benzene rings is 1. The van der Waals surface area contributed by atoms with Gasteiger partial charge in [-0.2, -0.15) is 4.31 Å². The number of nitrogens with one attached hydrogen (secondary N) is 2. The van der Waals surface area contributed by atoms with E-state index in [4.69, 9.17) is 17.0 Å². The lowest BCUT2D eigenvalue weighted by atomic mass is 10.3. The van der Waals surface area contributed by atoms with E-state index in [1.807, 2.05) is 17.5 Å². The van der Waals surface area contributed by atoms with Crippen LogP contribution in [0.5, 0.6) is 0 Å². The first-order chi connectivity index (χ1) is 13.4. The van der Waals surface area contributed by atoms with E-state index >= 15 is 0 Å². The zero-order valence-corrected chi connectivity index (χ0v) is 17.3. The number of hydrogen-bond donors (Lipinski definition) is 2. The maximum atomic E-state index is 12.6. The number of anilines is 1. The second-order valence-corrected chi connectivity index (χ2v) is 9.16. The quantitative estimate of drug-likeness (QED) is 0.551. The highest BCUT2D eigenvalue weighted by Crippen LogP contribution is 2.19. The van der Waals surface area contributed by atoms with Crippen molar-refractivity contribution in [3.8, 4) is 0 Å². The SMILES string of the molecule is O=C(/C=C/c1cccs1)NC(=S)Nc1ccc(S(=O)(=O)N2CCOCC2)cc1. The number of amides is 1. The Morgan fingerprint density at radius 1 is 1.18 bits per heavy atom. The van der Waals surface area contributed by atoms with Gasteiger partial charge in [-0.25, -0.2) is 8.42 Å². The normalized spacial score (nSPS) is 15.4. The maximum Gasteiger partial charge on any atom is 0.250 e. The molecule has 148 valence electrons. The molecule has 1 aliphatic rings. The van der Waals surface area contributed by atoms with Crippen molar-refractivity contribution >= 4 is 56.4 Å². The van der Waals surface area contributed by atoms with Crippen molar-refractivity contribution in [2.24, 2.45) is 0 Å². The number of carbonyl (C=O) groups excluding carboxylic acids is 1. The Bertz CT molecular complexity index is 948. The van der Waals surface area contributed by atoms with Crippen LogP contribution in [0.4, 0.5) is 5.69 Å². The Kier molecular flexibility index (Phi) is 6.92. The lowest BCUT2D eigenvalue weighted by molar-refractivity contribution is -0.115. The van der Waals surface area contributed by atoms with Crippen LogP contribution in [-0.4, -0.2) is 50.0 Å². The molecule has 1 amide bonds. The molecule has 1 aromatic heterocycles. The fourth-order valence-corrected chi connectivity index (χ4v) is 4.75. The molecule has 28 heavy (non-hydrogen) atoms. The van der Waals surface area contributed by atoms with Gasteiger partial charge in [0.25, 0.3) is 0 Å². The molecule has 1 fully saturated rings. The van der Waals surface area contributed by atoms with Crippen LogP contribution in [0.25, 0.3) is 6.08 Å². The first-order valence-corrected chi connectivity index (χ1v) is 11.2. The third kappa shape index (κ3) is 5.46. The van der Waals surface area contributed by atoms with Crippen LogP contribution in [-0.2, 0) is 19.6 Å². The molecule has 1 aromatic carbocycles. The van der Waals surface area contributed by atoms with E-state index in [1.165, 1.54) is 33.9 Å². The third-order valence-electron chi connectivity index (χ3n) is 3.90. The maximum absolute atomic E-state index is 12.6. The summed E-state index contributed by atoms with van der Waals surface area (Å²) in [6.07, 6.45) is 3.10. The summed E-state index contributed by atoms with van der Waals surface area (Å²) in [7, 11) is -3.54. The molecule has 1 saturated heterocycles. The smallest absolute Gasteiger partial charge is 0.250 e. The van der Waals surface area contributed by atoms with Gasteiger partial charge >= 0.3 is 0 Å². The molecule has 0 aliphatic carbocycles. The second kappa shape index (κ2) is 9.39. The molecule has 2 N–H and O–H groups in total. The summed E-state index contributed by atoms with van der Waals surface area (Å²) in [6.45, 7) is 1.48. The van der Waals surface area contributed by atoms with E-state index in [0.717, 1.165) is 4.88 Å². The molecule has 0 bridgehead atoms. The summed E-state index contributed by atoms with van der Waals surface area (Å²) in [5.74, 6) is -0.350. The average molecular weight is 438 g/mol. The van der Waals surface area contributed by atoms with Crippen molar-refractivity contribution < 1.29 is 17.9 Å². The zero-order valence-electron chi connectivity index (χ0n) is 14.8. The number of carbonyl (C=O) groups is 1. The Hall–Kier alpha value is -2.11. The fourth-order valence-electron chi connectivity index (χ4n) is 2.51. The van der Waals surface area contributed by atoms with Crippen LogP contribution in [0, 0.1) is 0 Å². The van der Waals surface area contributed by atoms with Gasteiger partial charge in [0.05, 0.1) is 18.1 Å². The molecule has 0 atom stereocenters. The van der Waals surface area contributed by atoms with Gasteiger partial charge in [-0.15, -0.1) is 11.3 Å². The lowest BCUT2D eigenvalue weighted by Crippen LogP contribution is -2.40. The fraction of sp³-hybridized carbons (Fsp3) is 0.222. The van der Waals surface area contributed by atoms with Crippen molar-refractivity contribution in [2.45, 2.75) is 4.90 Å². The van der Waals surface area contributed by atoms with Crippen molar-refractivity contribution in [2.75, 3.05) is 31.6 Å². The topological polar surface area (TPSA) is 87.7 Å². The van der Waals surface area contributed by atoms with E-state index in [1.54, 1.807) is 18.2 Å². The number of ether oxygens (including phenoxy) is 1. The van der Waals surface area contributed by atoms with Crippen LogP contribution >= 0.6 is 23.6 Å². The first kappa shape index (κ1) is 20.6. The van der Waals surface area contributed by atoms with Crippen LogP contribution < -0.4 is 10.6 Å². The third-order valence-corrected chi connectivity index (χ3v) is 6.85. The molecule has 0 unspecified atom stereocenters. The van der Waals surface area contributed by atoms with Crippen molar-refractivity contribution in [3.63, 3.8) is 0 Å². The summed E-state index contributed by atoms with van der Waals surface area (Å²) in [6, 6.07) is 10.0. The van der Waals surface area contributed by atoms with Gasteiger partial charge in [0.1, 0.15) is 0 Å². The van der Waals surface area contributed by atoms with Crippen LogP contribution in [0.2, 0.25) is 0 Å². The van der Waals surface area contributed by atoms with Crippen LogP contribution in [0.1, 0.15) is 4.88 Å². The Labute approximate surface area is 173 Å². The zero-order chi connectivity index (χ0) is 20.0. The number of thiophene rings is 1. The van der Waals surface area contributed by atoms with E-state index in [-0.39, 0.29) is 15.9 Å². The summed E-state index contributed by atoms with van der Waals surface area (Å²) in [4.78, 5) is 13.1. The van der Waals surface area contributed by atoms with Crippen molar-refractivity contribution in [1.29, 1.82) is 0 Å². The van der Waals surface area contributed by atoms with Crippen molar-refractivity contribution in [1.82, 2.24) is 9.62 Å². The van der Waals surface area contributed by atoms with Crippen molar-refractivity contribution in [3.05, 3.63) is 52.7 Å². The van der Waals surface area contributed by atoms with Gasteiger partial charge in [0.2, 0.25) is 15.9 Å².